The van der Waals surface area contributed by atoms with Crippen molar-refractivity contribution in [3.05, 3.63) is 88.3 Å². The summed E-state index contributed by atoms with van der Waals surface area (Å²) in [4.78, 5) is 0. The molecule has 0 amide bonds. The fourth-order valence-corrected chi connectivity index (χ4v) is 3.72. The van der Waals surface area contributed by atoms with Gasteiger partial charge in [0.1, 0.15) is 0 Å². The summed E-state index contributed by atoms with van der Waals surface area (Å²) in [5, 5.41) is 5.02. The van der Waals surface area contributed by atoms with Crippen molar-refractivity contribution in [2.45, 2.75) is 40.2 Å². The van der Waals surface area contributed by atoms with Gasteiger partial charge in [0.25, 0.3) is 0 Å². The van der Waals surface area contributed by atoms with E-state index in [-0.39, 0.29) is 52.1 Å². The third kappa shape index (κ3) is 5.51. The van der Waals surface area contributed by atoms with Gasteiger partial charge in [-0.3, -0.25) is 0 Å². The minimum Gasteiger partial charge on any atom is -1.00 e. The Morgan fingerprint density at radius 1 is 0.852 bits per heavy atom. The van der Waals surface area contributed by atoms with Crippen molar-refractivity contribution < 1.29 is 46.5 Å². The second-order valence-corrected chi connectivity index (χ2v) is 7.23. The molecule has 0 spiro atoms. The summed E-state index contributed by atoms with van der Waals surface area (Å²) in [7, 11) is 0. The van der Waals surface area contributed by atoms with Gasteiger partial charge >= 0.3 is 21.7 Å². The maximum atomic E-state index is 5.02. The first-order valence-electron chi connectivity index (χ1n) is 8.67. The predicted molar refractivity (Wildman–Crippen MR) is 104 cm³/mol. The molecule has 0 aliphatic heterocycles. The molecule has 4 heteroatoms. The first kappa shape index (κ1) is 26.0. The van der Waals surface area contributed by atoms with Crippen molar-refractivity contribution in [3.63, 3.8) is 0 Å². The number of para-hydroxylation sites is 1. The molecule has 1 atom stereocenters. The van der Waals surface area contributed by atoms with Gasteiger partial charge in [0.05, 0.1) is 0 Å². The van der Waals surface area contributed by atoms with Crippen LogP contribution in [-0.4, -0.2) is 0 Å². The molecule has 2 aromatic carbocycles. The van der Waals surface area contributed by atoms with Crippen molar-refractivity contribution in [2.75, 3.05) is 0 Å². The molecule has 141 valence electrons. The third-order valence-electron chi connectivity index (χ3n) is 4.99. The van der Waals surface area contributed by atoms with Crippen molar-refractivity contribution in [3.8, 4) is 0 Å². The summed E-state index contributed by atoms with van der Waals surface area (Å²) < 4.78 is 0. The fourth-order valence-electron chi connectivity index (χ4n) is 3.72. The Labute approximate surface area is 191 Å². The van der Waals surface area contributed by atoms with Gasteiger partial charge in [-0.05, 0) is 30.6 Å². The van der Waals surface area contributed by atoms with Crippen LogP contribution >= 0.6 is 0 Å². The largest absolute Gasteiger partial charge is 3.00 e. The smallest absolute Gasteiger partial charge is 1.00 e. The normalized spacial score (nSPS) is 15.9. The molecule has 0 N–H and O–H groups in total. The van der Waals surface area contributed by atoms with Crippen molar-refractivity contribution >= 4 is 11.3 Å². The number of hydrogen-bond acceptors (Lipinski definition) is 0. The van der Waals surface area contributed by atoms with Gasteiger partial charge in [-0.2, -0.15) is 0 Å². The van der Waals surface area contributed by atoms with Crippen LogP contribution in [-0.2, 0) is 27.3 Å². The van der Waals surface area contributed by atoms with E-state index in [1.165, 1.54) is 27.8 Å². The molecular formula is C23H26Cl2NTi. The van der Waals surface area contributed by atoms with Crippen LogP contribution in [0, 0.1) is 5.92 Å². The molecule has 0 bridgehead atoms. The average Bonchev–Trinajstić information content (AvgIpc) is 2.80. The summed E-state index contributed by atoms with van der Waals surface area (Å²) in [6.07, 6.45) is 2.36. The van der Waals surface area contributed by atoms with E-state index in [0.717, 1.165) is 5.69 Å². The molecule has 1 nitrogen and oxygen atoms in total. The van der Waals surface area contributed by atoms with E-state index in [4.69, 9.17) is 5.32 Å². The maximum Gasteiger partial charge on any atom is 3.00 e. The van der Waals surface area contributed by atoms with E-state index >= 15 is 0 Å². The van der Waals surface area contributed by atoms with Crippen molar-refractivity contribution in [1.82, 2.24) is 0 Å². The molecule has 0 fully saturated rings. The minimum absolute atomic E-state index is 0. The van der Waals surface area contributed by atoms with Crippen LogP contribution in [0.2, 0.25) is 0 Å². The van der Waals surface area contributed by atoms with Crippen LogP contribution < -0.4 is 24.8 Å². The van der Waals surface area contributed by atoms with Crippen LogP contribution in [0.25, 0.3) is 10.9 Å². The number of allylic oxidation sites excluding steroid dienone is 4. The van der Waals surface area contributed by atoms with Crippen molar-refractivity contribution in [1.29, 1.82) is 0 Å². The number of benzene rings is 2. The van der Waals surface area contributed by atoms with Gasteiger partial charge in [-0.15, -0.1) is 5.69 Å². The monoisotopic (exact) mass is 434 g/mol. The van der Waals surface area contributed by atoms with Crippen LogP contribution in [0.15, 0.2) is 71.8 Å². The van der Waals surface area contributed by atoms with E-state index in [9.17, 15) is 0 Å². The quantitative estimate of drug-likeness (QED) is 0.637. The Morgan fingerprint density at radius 3 is 1.96 bits per heavy atom. The molecule has 2 aromatic rings. The summed E-state index contributed by atoms with van der Waals surface area (Å²) in [5.74, 6) is 0.457. The van der Waals surface area contributed by atoms with E-state index < -0.39 is 0 Å². The van der Waals surface area contributed by atoms with E-state index in [0.29, 0.717) is 5.92 Å². The molecule has 1 aliphatic rings. The van der Waals surface area contributed by atoms with Gasteiger partial charge in [-0.25, -0.2) is 0 Å². The molecule has 27 heavy (non-hydrogen) atoms. The molecule has 1 aliphatic carbocycles. The Kier molecular flexibility index (Phi) is 10.1. The Morgan fingerprint density at radius 2 is 1.41 bits per heavy atom. The molecule has 1 radical (unpaired) electrons. The fraction of sp³-hybridized carbons (Fsp3) is 0.304. The Bertz CT molecular complexity index is 810. The maximum absolute atomic E-state index is 5.02. The molecular weight excluding hydrogens is 409 g/mol. The third-order valence-corrected chi connectivity index (χ3v) is 4.99. The van der Waals surface area contributed by atoms with Crippen LogP contribution in [0.3, 0.4) is 0 Å². The van der Waals surface area contributed by atoms with E-state index in [2.05, 4.69) is 77.1 Å². The molecule has 0 aromatic heterocycles. The Balaban J connectivity index is 0.00000225. The zero-order valence-corrected chi connectivity index (χ0v) is 19.6. The average molecular weight is 435 g/mol. The zero-order chi connectivity index (χ0) is 17.3. The summed E-state index contributed by atoms with van der Waals surface area (Å²) in [6, 6.07) is 19.0. The topological polar surface area (TPSA) is 14.1 Å². The second kappa shape index (κ2) is 10.5. The predicted octanol–water partition coefficient (Wildman–Crippen LogP) is 1.00. The summed E-state index contributed by atoms with van der Waals surface area (Å²) in [5.41, 5.74) is 7.62. The SMILES string of the molecule is CC1=CC(C)C(c2ccccc2C(C)(C)[N-]c2ccccc2)=C1C.[Cl-].[Cl-].[Ti+3]. The number of hydrogen-bond donors (Lipinski definition) is 0. The van der Waals surface area contributed by atoms with Crippen LogP contribution in [0.4, 0.5) is 5.69 Å². The van der Waals surface area contributed by atoms with Gasteiger partial charge in [0, 0.05) is 5.92 Å². The Hall–Kier alpha value is -0.986. The summed E-state index contributed by atoms with van der Waals surface area (Å²) in [6.45, 7) is 11.1. The van der Waals surface area contributed by atoms with Crippen LogP contribution in [0.5, 0.6) is 0 Å². The first-order chi connectivity index (χ1) is 11.4. The molecule has 1 unspecified atom stereocenters. The minimum atomic E-state index is -0.276. The van der Waals surface area contributed by atoms with E-state index in [1.54, 1.807) is 0 Å². The van der Waals surface area contributed by atoms with Crippen LogP contribution in [0.1, 0.15) is 45.7 Å². The van der Waals surface area contributed by atoms with Gasteiger partial charge in [0.15, 0.2) is 0 Å². The van der Waals surface area contributed by atoms with Gasteiger partial charge in [0.2, 0.25) is 0 Å². The summed E-state index contributed by atoms with van der Waals surface area (Å²) >= 11 is 0. The first-order valence-corrected chi connectivity index (χ1v) is 8.67. The van der Waals surface area contributed by atoms with Gasteiger partial charge < -0.3 is 30.1 Å². The van der Waals surface area contributed by atoms with Crippen molar-refractivity contribution in [2.24, 2.45) is 5.92 Å². The zero-order valence-electron chi connectivity index (χ0n) is 16.6. The second-order valence-electron chi connectivity index (χ2n) is 7.23. The molecule has 0 saturated heterocycles. The number of nitrogens with zero attached hydrogens (tertiary/aromatic N) is 1. The number of halogens is 2. The number of rotatable bonds is 4. The standard InChI is InChI=1S/C23H26N.2ClH.Ti/c1-16-15-17(2)22(18(16)3)20-13-9-10-14-21(20)23(4,5)24-19-11-7-6-8-12-19;;;/h6-15,17H,1-5H3;2*1H;/q-1;;;+3/p-2. The molecule has 0 heterocycles. The molecule has 0 saturated carbocycles. The van der Waals surface area contributed by atoms with E-state index in [1.807, 2.05) is 18.2 Å². The van der Waals surface area contributed by atoms with Gasteiger partial charge in [-0.1, -0.05) is 98.1 Å². The molecule has 3 rings (SSSR count).